The predicted molar refractivity (Wildman–Crippen MR) is 74.9 cm³/mol. The molecule has 2 N–H and O–H groups in total. The average Bonchev–Trinajstić information content (AvgIpc) is 3.17. The van der Waals surface area contributed by atoms with E-state index in [9.17, 15) is 0 Å². The van der Waals surface area contributed by atoms with Gasteiger partial charge in [0.1, 0.15) is 0 Å². The normalized spacial score (nSPS) is 15.5. The summed E-state index contributed by atoms with van der Waals surface area (Å²) in [6.45, 7) is 1.01. The lowest BCUT2D eigenvalue weighted by molar-refractivity contribution is 0.174. The van der Waals surface area contributed by atoms with Crippen molar-refractivity contribution in [2.75, 3.05) is 13.5 Å². The van der Waals surface area contributed by atoms with Gasteiger partial charge >= 0.3 is 0 Å². The predicted octanol–water partition coefficient (Wildman–Crippen LogP) is 1.93. The van der Waals surface area contributed by atoms with Crippen LogP contribution in [0.1, 0.15) is 5.56 Å². The zero-order valence-corrected chi connectivity index (χ0v) is 10.7. The highest BCUT2D eigenvalue weighted by molar-refractivity contribution is 5.83. The van der Waals surface area contributed by atoms with E-state index in [4.69, 9.17) is 9.47 Å². The van der Waals surface area contributed by atoms with Gasteiger partial charge in [0.15, 0.2) is 11.5 Å². The number of pyridine rings is 1. The van der Waals surface area contributed by atoms with Crippen molar-refractivity contribution in [2.24, 2.45) is 0 Å². The molecule has 0 fully saturated rings. The van der Waals surface area contributed by atoms with Crippen molar-refractivity contribution in [1.29, 1.82) is 0 Å². The lowest BCUT2D eigenvalue weighted by atomic mass is 9.98. The Balaban J connectivity index is 1.91. The first-order valence-corrected chi connectivity index (χ1v) is 6.44. The molecule has 20 heavy (non-hydrogen) atoms. The van der Waals surface area contributed by atoms with Crippen LogP contribution in [-0.2, 0) is 0 Å². The number of nitrogens with one attached hydrogen (secondary N) is 2. The summed E-state index contributed by atoms with van der Waals surface area (Å²) in [5.74, 6) is 1.57. The largest absolute Gasteiger partial charge is 0.454 e. The topological polar surface area (TPSA) is 55.4 Å². The molecule has 2 aliphatic heterocycles. The lowest BCUT2D eigenvalue weighted by Gasteiger charge is -2.12. The standard InChI is InChI=1S/C15H13N3O2/c1-3-16-4-2-10(1)11-5-14-15(20-9-19-14)6-12(11)13-7-17-8-18-13/h1-7,17-18H,8-9H2. The summed E-state index contributed by atoms with van der Waals surface area (Å²) in [7, 11) is 0. The van der Waals surface area contributed by atoms with Gasteiger partial charge in [0.2, 0.25) is 6.79 Å². The second-order valence-electron chi connectivity index (χ2n) is 4.60. The molecule has 3 heterocycles. The summed E-state index contributed by atoms with van der Waals surface area (Å²) in [6, 6.07) is 8.02. The maximum absolute atomic E-state index is 5.48. The Morgan fingerprint density at radius 1 is 1.00 bits per heavy atom. The monoisotopic (exact) mass is 267 g/mol. The Morgan fingerprint density at radius 3 is 2.45 bits per heavy atom. The highest BCUT2D eigenvalue weighted by Gasteiger charge is 2.20. The Hall–Kier alpha value is -2.69. The fraction of sp³-hybridized carbons (Fsp3) is 0.133. The van der Waals surface area contributed by atoms with E-state index in [2.05, 4.69) is 15.6 Å². The second-order valence-corrected chi connectivity index (χ2v) is 4.60. The average molecular weight is 267 g/mol. The van der Waals surface area contributed by atoms with Crippen LogP contribution in [0.25, 0.3) is 16.8 Å². The number of hydrogen-bond acceptors (Lipinski definition) is 5. The Bertz CT molecular complexity index is 683. The summed E-state index contributed by atoms with van der Waals surface area (Å²) in [6.07, 6.45) is 5.55. The number of fused-ring (bicyclic) bond motifs is 1. The van der Waals surface area contributed by atoms with Crippen LogP contribution in [0.2, 0.25) is 0 Å². The van der Waals surface area contributed by atoms with Gasteiger partial charge in [0, 0.05) is 24.2 Å². The fourth-order valence-electron chi connectivity index (χ4n) is 2.46. The molecule has 1 aromatic heterocycles. The summed E-state index contributed by atoms with van der Waals surface area (Å²) in [5, 5.41) is 6.47. The van der Waals surface area contributed by atoms with E-state index < -0.39 is 0 Å². The van der Waals surface area contributed by atoms with Crippen molar-refractivity contribution in [1.82, 2.24) is 15.6 Å². The minimum Gasteiger partial charge on any atom is -0.454 e. The van der Waals surface area contributed by atoms with E-state index in [1.165, 1.54) is 0 Å². The third-order valence-corrected chi connectivity index (χ3v) is 3.42. The van der Waals surface area contributed by atoms with Crippen LogP contribution >= 0.6 is 0 Å². The second kappa shape index (κ2) is 4.45. The van der Waals surface area contributed by atoms with Crippen molar-refractivity contribution >= 4 is 5.70 Å². The molecular weight excluding hydrogens is 254 g/mol. The zero-order valence-electron chi connectivity index (χ0n) is 10.7. The molecule has 0 radical (unpaired) electrons. The zero-order chi connectivity index (χ0) is 13.4. The van der Waals surface area contributed by atoms with Gasteiger partial charge < -0.3 is 20.1 Å². The molecule has 2 aromatic rings. The third-order valence-electron chi connectivity index (χ3n) is 3.42. The molecule has 0 aliphatic carbocycles. The summed E-state index contributed by atoms with van der Waals surface area (Å²) in [5.41, 5.74) is 4.34. The molecule has 0 unspecified atom stereocenters. The highest BCUT2D eigenvalue weighted by atomic mass is 16.7. The van der Waals surface area contributed by atoms with Gasteiger partial charge in [-0.05, 0) is 35.4 Å². The third kappa shape index (κ3) is 1.75. The SMILES string of the molecule is C1=C(c2cc3c(cc2-c2ccncc2)OCO3)NCN1. The van der Waals surface area contributed by atoms with Crippen LogP contribution in [0.4, 0.5) is 0 Å². The fourth-order valence-corrected chi connectivity index (χ4v) is 2.46. The molecule has 0 atom stereocenters. The number of ether oxygens (including phenoxy) is 2. The minimum atomic E-state index is 0.277. The van der Waals surface area contributed by atoms with Crippen molar-refractivity contribution in [3.63, 3.8) is 0 Å². The van der Waals surface area contributed by atoms with Gasteiger partial charge in [-0.25, -0.2) is 0 Å². The highest BCUT2D eigenvalue weighted by Crippen LogP contribution is 2.40. The van der Waals surface area contributed by atoms with Gasteiger partial charge in [-0.2, -0.15) is 0 Å². The van der Waals surface area contributed by atoms with Gasteiger partial charge in [-0.15, -0.1) is 0 Å². The number of nitrogens with zero attached hydrogens (tertiary/aromatic N) is 1. The molecule has 2 aliphatic rings. The number of benzene rings is 1. The molecule has 100 valence electrons. The van der Waals surface area contributed by atoms with Crippen LogP contribution in [0.15, 0.2) is 42.9 Å². The molecule has 5 heteroatoms. The van der Waals surface area contributed by atoms with Crippen LogP contribution in [-0.4, -0.2) is 18.4 Å². The first-order chi connectivity index (χ1) is 9.92. The van der Waals surface area contributed by atoms with E-state index in [1.807, 2.05) is 30.5 Å². The van der Waals surface area contributed by atoms with Gasteiger partial charge in [-0.1, -0.05) is 0 Å². The van der Waals surface area contributed by atoms with Gasteiger partial charge in [-0.3, -0.25) is 4.98 Å². The summed E-state index contributed by atoms with van der Waals surface area (Å²) >= 11 is 0. The molecule has 0 amide bonds. The molecule has 0 spiro atoms. The molecular formula is C15H13N3O2. The van der Waals surface area contributed by atoms with Crippen LogP contribution in [0.3, 0.4) is 0 Å². The molecule has 5 nitrogen and oxygen atoms in total. The minimum absolute atomic E-state index is 0.277. The lowest BCUT2D eigenvalue weighted by Crippen LogP contribution is -2.13. The number of aromatic nitrogens is 1. The van der Waals surface area contributed by atoms with Crippen molar-refractivity contribution in [3.8, 4) is 22.6 Å². The number of hydrogen-bond donors (Lipinski definition) is 2. The summed E-state index contributed by atoms with van der Waals surface area (Å²) < 4.78 is 11.0. The van der Waals surface area contributed by atoms with Crippen LogP contribution in [0, 0.1) is 0 Å². The van der Waals surface area contributed by atoms with Gasteiger partial charge in [0.05, 0.1) is 12.4 Å². The first-order valence-electron chi connectivity index (χ1n) is 6.44. The van der Waals surface area contributed by atoms with E-state index in [0.717, 1.165) is 40.6 Å². The Morgan fingerprint density at radius 2 is 1.75 bits per heavy atom. The molecule has 1 aromatic carbocycles. The van der Waals surface area contributed by atoms with Crippen molar-refractivity contribution in [3.05, 3.63) is 48.4 Å². The maximum atomic E-state index is 5.48. The smallest absolute Gasteiger partial charge is 0.231 e. The quantitative estimate of drug-likeness (QED) is 0.870. The summed E-state index contributed by atoms with van der Waals surface area (Å²) in [4.78, 5) is 4.07. The van der Waals surface area contributed by atoms with E-state index in [1.54, 1.807) is 12.4 Å². The molecule has 0 saturated carbocycles. The van der Waals surface area contributed by atoms with Gasteiger partial charge in [0.25, 0.3) is 0 Å². The Kier molecular flexibility index (Phi) is 2.48. The van der Waals surface area contributed by atoms with Crippen LogP contribution < -0.4 is 20.1 Å². The maximum Gasteiger partial charge on any atom is 0.231 e. The van der Waals surface area contributed by atoms with Crippen molar-refractivity contribution in [2.45, 2.75) is 0 Å². The number of rotatable bonds is 2. The Labute approximate surface area is 116 Å². The first kappa shape index (κ1) is 11.2. The molecule has 0 bridgehead atoms. The van der Waals surface area contributed by atoms with E-state index >= 15 is 0 Å². The molecule has 0 saturated heterocycles. The van der Waals surface area contributed by atoms with E-state index in [-0.39, 0.29) is 6.79 Å². The molecule has 4 rings (SSSR count). The van der Waals surface area contributed by atoms with E-state index in [0.29, 0.717) is 0 Å². The van der Waals surface area contributed by atoms with Crippen LogP contribution in [0.5, 0.6) is 11.5 Å². The van der Waals surface area contributed by atoms with Crippen molar-refractivity contribution < 1.29 is 9.47 Å².